The molecule has 1 aromatic rings. The molecule has 7 nitrogen and oxygen atoms in total. The van der Waals surface area contributed by atoms with Gasteiger partial charge in [-0.1, -0.05) is 6.07 Å². The largest absolute Gasteiger partial charge is 0.389 e. The Hall–Kier alpha value is -1.76. The number of piperazine rings is 1. The number of benzene rings is 1. The number of rotatable bonds is 8. The lowest BCUT2D eigenvalue weighted by Crippen LogP contribution is -2.61. The zero-order chi connectivity index (χ0) is 25.2. The van der Waals surface area contributed by atoms with Crippen molar-refractivity contribution >= 4 is 22.6 Å². The minimum atomic E-state index is -4.25. The third kappa shape index (κ3) is 6.15. The SMILES string of the molecule is O=C(NO)C1(S(=O)N2CCN(c3ccc(CCCC(F)(F)F)c(F)c3)CC2)CCN(C2CC2)CC1. The van der Waals surface area contributed by atoms with E-state index in [9.17, 15) is 31.8 Å². The van der Waals surface area contributed by atoms with Gasteiger partial charge in [-0.25, -0.2) is 18.4 Å². The molecule has 1 aromatic carbocycles. The normalized spacial score (nSPS) is 22.7. The first-order valence-electron chi connectivity index (χ1n) is 12.1. The summed E-state index contributed by atoms with van der Waals surface area (Å²) in [5, 5.41) is 9.35. The third-order valence-corrected chi connectivity index (χ3v) is 9.40. The van der Waals surface area contributed by atoms with Gasteiger partial charge in [0.1, 0.15) is 21.5 Å². The molecule has 0 aromatic heterocycles. The fourth-order valence-electron chi connectivity index (χ4n) is 5.05. The fourth-order valence-corrected chi connectivity index (χ4v) is 6.77. The number of nitrogens with zero attached hydrogens (tertiary/aromatic N) is 3. The average Bonchev–Trinajstić information content (AvgIpc) is 3.69. The standard InChI is InChI=1S/C23H32F4N4O3S/c24-20-16-19(4-3-17(20)2-1-7-23(25,26)27)30-12-14-31(15-13-30)35(34)22(21(32)28-33)8-10-29(11-9-22)18-5-6-18/h3-4,16,18,33H,1-2,5-15H2,(H,28,32). The van der Waals surface area contributed by atoms with E-state index in [1.807, 2.05) is 4.90 Å². The summed E-state index contributed by atoms with van der Waals surface area (Å²) in [6.07, 6.45) is -2.22. The Balaban J connectivity index is 1.34. The highest BCUT2D eigenvalue weighted by Gasteiger charge is 2.50. The van der Waals surface area contributed by atoms with Gasteiger partial charge in [0.05, 0.1) is 0 Å². The molecule has 0 bridgehead atoms. The lowest BCUT2D eigenvalue weighted by atomic mass is 9.95. The Morgan fingerprint density at radius 2 is 1.77 bits per heavy atom. The number of halogens is 4. The summed E-state index contributed by atoms with van der Waals surface area (Å²) in [6.45, 7) is 3.05. The number of hydroxylamine groups is 1. The predicted octanol–water partition coefficient (Wildman–Crippen LogP) is 3.00. The predicted molar refractivity (Wildman–Crippen MR) is 124 cm³/mol. The van der Waals surface area contributed by atoms with Crippen LogP contribution in [0.25, 0.3) is 0 Å². The molecule has 0 spiro atoms. The highest BCUT2D eigenvalue weighted by Crippen LogP contribution is 2.36. The molecule has 2 heterocycles. The fraction of sp³-hybridized carbons (Fsp3) is 0.696. The van der Waals surface area contributed by atoms with Crippen molar-refractivity contribution in [3.8, 4) is 0 Å². The molecule has 4 rings (SSSR count). The molecule has 2 aliphatic heterocycles. The number of nitrogens with one attached hydrogen (secondary N) is 1. The van der Waals surface area contributed by atoms with E-state index in [0.717, 1.165) is 12.8 Å². The van der Waals surface area contributed by atoms with Crippen LogP contribution in [0.4, 0.5) is 23.2 Å². The van der Waals surface area contributed by atoms with E-state index in [-0.39, 0.29) is 18.4 Å². The van der Waals surface area contributed by atoms with E-state index < -0.39 is 40.1 Å². The number of aryl methyl sites for hydroxylation is 1. The molecule has 2 N–H and O–H groups in total. The van der Waals surface area contributed by atoms with Gasteiger partial charge in [-0.05, 0) is 56.2 Å². The number of anilines is 1. The highest BCUT2D eigenvalue weighted by molar-refractivity contribution is 7.85. The van der Waals surface area contributed by atoms with Gasteiger partial charge in [0.25, 0.3) is 5.91 Å². The quantitative estimate of drug-likeness (QED) is 0.313. The molecule has 12 heteroatoms. The van der Waals surface area contributed by atoms with Crippen LogP contribution in [0.15, 0.2) is 18.2 Å². The number of amides is 1. The Morgan fingerprint density at radius 1 is 1.11 bits per heavy atom. The smallest absolute Gasteiger partial charge is 0.369 e. The van der Waals surface area contributed by atoms with Crippen LogP contribution in [0, 0.1) is 5.82 Å². The zero-order valence-corrected chi connectivity index (χ0v) is 20.3. The molecular weight excluding hydrogens is 488 g/mol. The van der Waals surface area contributed by atoms with Gasteiger partial charge in [0.2, 0.25) is 0 Å². The number of piperidine rings is 1. The van der Waals surface area contributed by atoms with Gasteiger partial charge in [0, 0.05) is 57.4 Å². The summed E-state index contributed by atoms with van der Waals surface area (Å²) in [4.78, 5) is 16.9. The maximum absolute atomic E-state index is 14.5. The van der Waals surface area contributed by atoms with Crippen LogP contribution < -0.4 is 10.4 Å². The first-order valence-corrected chi connectivity index (χ1v) is 13.2. The molecule has 2 saturated heterocycles. The Labute approximate surface area is 205 Å². The highest BCUT2D eigenvalue weighted by atomic mass is 32.2. The Bertz CT molecular complexity index is 928. The molecule has 1 aliphatic carbocycles. The number of alkyl halides is 3. The number of carbonyl (C=O) groups excluding carboxylic acids is 1. The molecule has 3 fully saturated rings. The summed E-state index contributed by atoms with van der Waals surface area (Å²) in [7, 11) is -1.64. The number of hydrogen-bond acceptors (Lipinski definition) is 5. The molecule has 3 aliphatic rings. The van der Waals surface area contributed by atoms with Crippen LogP contribution in [-0.4, -0.2) is 80.8 Å². The minimum Gasteiger partial charge on any atom is -0.369 e. The number of hydrogen-bond donors (Lipinski definition) is 2. The summed E-state index contributed by atoms with van der Waals surface area (Å²) >= 11 is 0. The van der Waals surface area contributed by atoms with E-state index in [1.165, 1.54) is 12.1 Å². The van der Waals surface area contributed by atoms with E-state index in [4.69, 9.17) is 0 Å². The first kappa shape index (κ1) is 26.3. The summed E-state index contributed by atoms with van der Waals surface area (Å²) in [6, 6.07) is 5.12. The Morgan fingerprint density at radius 3 is 2.31 bits per heavy atom. The van der Waals surface area contributed by atoms with Crippen molar-refractivity contribution in [2.45, 2.75) is 61.9 Å². The van der Waals surface area contributed by atoms with Crippen molar-refractivity contribution in [3.05, 3.63) is 29.6 Å². The van der Waals surface area contributed by atoms with Crippen LogP contribution in [0.3, 0.4) is 0 Å². The molecule has 196 valence electrons. The van der Waals surface area contributed by atoms with Crippen LogP contribution >= 0.6 is 0 Å². The van der Waals surface area contributed by atoms with Crippen molar-refractivity contribution < 1.29 is 31.8 Å². The van der Waals surface area contributed by atoms with Crippen molar-refractivity contribution in [2.24, 2.45) is 0 Å². The second kappa shape index (κ2) is 10.7. The van der Waals surface area contributed by atoms with Crippen LogP contribution in [0.5, 0.6) is 0 Å². The monoisotopic (exact) mass is 520 g/mol. The molecule has 35 heavy (non-hydrogen) atoms. The first-order chi connectivity index (χ1) is 16.6. The molecule has 1 saturated carbocycles. The van der Waals surface area contributed by atoms with Crippen molar-refractivity contribution in [3.63, 3.8) is 0 Å². The summed E-state index contributed by atoms with van der Waals surface area (Å²) in [5.74, 6) is -1.14. The van der Waals surface area contributed by atoms with Crippen molar-refractivity contribution in [2.75, 3.05) is 44.2 Å². The van der Waals surface area contributed by atoms with Gasteiger partial charge < -0.3 is 9.80 Å². The molecule has 1 unspecified atom stereocenters. The van der Waals surface area contributed by atoms with Crippen molar-refractivity contribution in [1.29, 1.82) is 0 Å². The lowest BCUT2D eigenvalue weighted by Gasteiger charge is -2.43. The van der Waals surface area contributed by atoms with Crippen molar-refractivity contribution in [1.82, 2.24) is 14.7 Å². The van der Waals surface area contributed by atoms with E-state index in [1.54, 1.807) is 15.9 Å². The van der Waals surface area contributed by atoms with Gasteiger partial charge >= 0.3 is 6.18 Å². The maximum atomic E-state index is 14.5. The summed E-state index contributed by atoms with van der Waals surface area (Å²) < 4.78 is 65.7. The van der Waals surface area contributed by atoms with Gasteiger partial charge in [-0.2, -0.15) is 13.2 Å². The van der Waals surface area contributed by atoms with E-state index in [2.05, 4.69) is 4.90 Å². The van der Waals surface area contributed by atoms with Crippen LogP contribution in [0.1, 0.15) is 44.1 Å². The number of likely N-dealkylation sites (tertiary alicyclic amines) is 1. The number of carbonyl (C=O) groups is 1. The second-order valence-electron chi connectivity index (χ2n) is 9.61. The summed E-state index contributed by atoms with van der Waals surface area (Å²) in [5.41, 5.74) is 2.61. The molecular formula is C23H32F4N4O3S. The molecule has 0 radical (unpaired) electrons. The Kier molecular flexibility index (Phi) is 8.04. The van der Waals surface area contributed by atoms with E-state index >= 15 is 0 Å². The third-order valence-electron chi connectivity index (χ3n) is 7.30. The van der Waals surface area contributed by atoms with Crippen LogP contribution in [0.2, 0.25) is 0 Å². The zero-order valence-electron chi connectivity index (χ0n) is 19.5. The lowest BCUT2D eigenvalue weighted by molar-refractivity contribution is -0.135. The van der Waals surface area contributed by atoms with Gasteiger partial charge in [0.15, 0.2) is 0 Å². The van der Waals surface area contributed by atoms with Gasteiger partial charge in [-0.3, -0.25) is 10.0 Å². The topological polar surface area (TPSA) is 76.1 Å². The minimum absolute atomic E-state index is 0.0194. The molecule has 1 atom stereocenters. The van der Waals surface area contributed by atoms with Gasteiger partial charge in [-0.15, -0.1) is 0 Å². The average molecular weight is 521 g/mol. The maximum Gasteiger partial charge on any atom is 0.389 e. The van der Waals surface area contributed by atoms with E-state index in [0.29, 0.717) is 63.8 Å². The van der Waals surface area contributed by atoms with Crippen LogP contribution in [-0.2, 0) is 22.2 Å². The molecule has 1 amide bonds. The second-order valence-corrected chi connectivity index (χ2v) is 11.4.